The van der Waals surface area contributed by atoms with Crippen molar-refractivity contribution in [2.75, 3.05) is 20.3 Å². The minimum Gasteiger partial charge on any atom is -0.383 e. The molecule has 3 rings (SSSR count). The number of thioether (sulfide) groups is 1. The van der Waals surface area contributed by atoms with Crippen molar-refractivity contribution in [1.82, 2.24) is 15.2 Å². The van der Waals surface area contributed by atoms with Gasteiger partial charge in [-0.1, -0.05) is 25.1 Å². The number of methoxy groups -OCH3 is 1. The Labute approximate surface area is 161 Å². The highest BCUT2D eigenvalue weighted by Gasteiger charge is 2.25. The predicted molar refractivity (Wildman–Crippen MR) is 105 cm³/mol. The van der Waals surface area contributed by atoms with E-state index < -0.39 is 5.91 Å². The number of ether oxygens (including phenoxy) is 1. The molecule has 0 bridgehead atoms. The van der Waals surface area contributed by atoms with Crippen LogP contribution in [0.3, 0.4) is 0 Å². The molecule has 1 aromatic carbocycles. The summed E-state index contributed by atoms with van der Waals surface area (Å²) >= 11 is 0.883. The largest absolute Gasteiger partial charge is 0.383 e. The highest BCUT2D eigenvalue weighted by Crippen LogP contribution is 2.31. The van der Waals surface area contributed by atoms with Gasteiger partial charge in [0.25, 0.3) is 11.1 Å². The molecule has 2 aromatic rings. The normalized spacial score (nSPS) is 15.6. The van der Waals surface area contributed by atoms with E-state index in [0.717, 1.165) is 40.2 Å². The molecular weight excluding hydrogens is 366 g/mol. The van der Waals surface area contributed by atoms with Crippen molar-refractivity contribution in [3.05, 3.63) is 40.4 Å². The zero-order valence-corrected chi connectivity index (χ0v) is 16.0. The van der Waals surface area contributed by atoms with Crippen LogP contribution in [0.4, 0.5) is 4.79 Å². The molecule has 2 N–H and O–H groups in total. The van der Waals surface area contributed by atoms with Crippen LogP contribution in [0.1, 0.15) is 18.1 Å². The lowest BCUT2D eigenvalue weighted by atomic mass is 10.1. The molecule has 142 valence electrons. The number of hydrogen-bond acceptors (Lipinski definition) is 5. The summed E-state index contributed by atoms with van der Waals surface area (Å²) in [6.45, 7) is 3.13. The molecular formula is C19H21N3O4S. The van der Waals surface area contributed by atoms with Gasteiger partial charge in [-0.3, -0.25) is 19.7 Å². The zero-order valence-electron chi connectivity index (χ0n) is 15.2. The van der Waals surface area contributed by atoms with Crippen LogP contribution in [-0.4, -0.2) is 41.9 Å². The second-order valence-electron chi connectivity index (χ2n) is 6.07. The van der Waals surface area contributed by atoms with Crippen molar-refractivity contribution >= 4 is 45.8 Å². The number of benzene rings is 1. The van der Waals surface area contributed by atoms with Crippen molar-refractivity contribution in [3.8, 4) is 0 Å². The van der Waals surface area contributed by atoms with Gasteiger partial charge in [-0.05, 0) is 29.8 Å². The first-order chi connectivity index (χ1) is 13.0. The summed E-state index contributed by atoms with van der Waals surface area (Å²) in [6, 6.07) is 5.94. The first kappa shape index (κ1) is 19.2. The molecule has 27 heavy (non-hydrogen) atoms. The number of nitrogens with one attached hydrogen (secondary N) is 2. The number of para-hydroxylation sites is 1. The summed E-state index contributed by atoms with van der Waals surface area (Å²) < 4.78 is 6.84. The molecule has 8 heteroatoms. The van der Waals surface area contributed by atoms with E-state index in [2.05, 4.69) is 17.6 Å². The van der Waals surface area contributed by atoms with E-state index in [9.17, 15) is 14.4 Å². The van der Waals surface area contributed by atoms with Crippen molar-refractivity contribution in [3.63, 3.8) is 0 Å². The van der Waals surface area contributed by atoms with Gasteiger partial charge in [-0.2, -0.15) is 0 Å². The Kier molecular flexibility index (Phi) is 5.98. The molecule has 0 radical (unpaired) electrons. The average Bonchev–Trinajstić information content (AvgIpc) is 3.15. The molecule has 0 atom stereocenters. The lowest BCUT2D eigenvalue weighted by Crippen LogP contribution is -2.30. The number of fused-ring (bicyclic) bond motifs is 1. The highest BCUT2D eigenvalue weighted by atomic mass is 32.2. The number of carbonyl (C=O) groups is 3. The van der Waals surface area contributed by atoms with Crippen molar-refractivity contribution in [1.29, 1.82) is 0 Å². The summed E-state index contributed by atoms with van der Waals surface area (Å²) in [5.74, 6) is -0.507. The number of amides is 3. The summed E-state index contributed by atoms with van der Waals surface area (Å²) in [6.07, 6.45) is 4.37. The SMILES string of the molecule is CCc1cccc2c(/C=C3\SC(=O)NC3=O)cn(CC(=O)NCCOC)c12. The Balaban J connectivity index is 1.98. The highest BCUT2D eigenvalue weighted by molar-refractivity contribution is 8.18. The Hall–Kier alpha value is -2.58. The van der Waals surface area contributed by atoms with E-state index in [1.165, 1.54) is 0 Å². The number of rotatable bonds is 7. The molecule has 1 fully saturated rings. The third-order valence-corrected chi connectivity index (χ3v) is 5.08. The fourth-order valence-electron chi connectivity index (χ4n) is 3.06. The number of aromatic nitrogens is 1. The van der Waals surface area contributed by atoms with Gasteiger partial charge in [-0.15, -0.1) is 0 Å². The molecule has 0 unspecified atom stereocenters. The van der Waals surface area contributed by atoms with Crippen LogP contribution in [0.15, 0.2) is 29.3 Å². The van der Waals surface area contributed by atoms with Gasteiger partial charge in [0.2, 0.25) is 5.91 Å². The Morgan fingerprint density at radius 1 is 1.37 bits per heavy atom. The Morgan fingerprint density at radius 2 is 2.19 bits per heavy atom. The number of nitrogens with zero attached hydrogens (tertiary/aromatic N) is 1. The zero-order chi connectivity index (χ0) is 19.4. The first-order valence-electron chi connectivity index (χ1n) is 8.64. The molecule has 1 aliphatic heterocycles. The van der Waals surface area contributed by atoms with E-state index in [0.29, 0.717) is 18.1 Å². The number of imide groups is 1. The lowest BCUT2D eigenvalue weighted by molar-refractivity contribution is -0.121. The number of carbonyl (C=O) groups excluding carboxylic acids is 3. The number of aryl methyl sites for hydroxylation is 1. The fraction of sp³-hybridized carbons (Fsp3) is 0.316. The van der Waals surface area contributed by atoms with Crippen LogP contribution in [0, 0.1) is 0 Å². The van der Waals surface area contributed by atoms with Gasteiger partial charge in [-0.25, -0.2) is 0 Å². The van der Waals surface area contributed by atoms with Gasteiger partial charge in [0.1, 0.15) is 6.54 Å². The van der Waals surface area contributed by atoms with Gasteiger partial charge >= 0.3 is 0 Å². The van der Waals surface area contributed by atoms with Crippen LogP contribution >= 0.6 is 11.8 Å². The van der Waals surface area contributed by atoms with Crippen LogP contribution in [-0.2, 0) is 27.3 Å². The third kappa shape index (κ3) is 4.23. The molecule has 1 aromatic heterocycles. The van der Waals surface area contributed by atoms with Gasteiger partial charge in [0.05, 0.1) is 17.0 Å². The van der Waals surface area contributed by atoms with Gasteiger partial charge < -0.3 is 14.6 Å². The second kappa shape index (κ2) is 8.41. The maximum absolute atomic E-state index is 12.3. The molecule has 0 spiro atoms. The maximum atomic E-state index is 12.3. The number of hydrogen-bond donors (Lipinski definition) is 2. The smallest absolute Gasteiger partial charge is 0.290 e. The lowest BCUT2D eigenvalue weighted by Gasteiger charge is -2.09. The maximum Gasteiger partial charge on any atom is 0.290 e. The summed E-state index contributed by atoms with van der Waals surface area (Å²) in [7, 11) is 1.58. The second-order valence-corrected chi connectivity index (χ2v) is 7.09. The topological polar surface area (TPSA) is 89.4 Å². The summed E-state index contributed by atoms with van der Waals surface area (Å²) in [5.41, 5.74) is 2.88. The van der Waals surface area contributed by atoms with E-state index in [1.807, 2.05) is 29.0 Å². The van der Waals surface area contributed by atoms with E-state index in [1.54, 1.807) is 13.2 Å². The molecule has 3 amide bonds. The monoisotopic (exact) mass is 387 g/mol. The standard InChI is InChI=1S/C19H21N3O4S/c1-3-12-5-4-6-14-13(9-15-18(24)21-19(25)27-15)10-22(17(12)14)11-16(23)20-7-8-26-2/h4-6,9-10H,3,7-8,11H2,1-2H3,(H,20,23)(H,21,24,25)/b15-9-. The summed E-state index contributed by atoms with van der Waals surface area (Å²) in [4.78, 5) is 35.9. The van der Waals surface area contributed by atoms with Crippen LogP contribution in [0.2, 0.25) is 0 Å². The molecule has 0 aliphatic carbocycles. The van der Waals surface area contributed by atoms with Crippen molar-refractivity contribution in [2.24, 2.45) is 0 Å². The van der Waals surface area contributed by atoms with E-state index in [4.69, 9.17) is 4.74 Å². The van der Waals surface area contributed by atoms with Crippen LogP contribution < -0.4 is 10.6 Å². The third-order valence-electron chi connectivity index (χ3n) is 4.26. The minimum atomic E-state index is -0.394. The Bertz CT molecular complexity index is 932. The van der Waals surface area contributed by atoms with Gasteiger partial charge in [0, 0.05) is 30.8 Å². The van der Waals surface area contributed by atoms with E-state index >= 15 is 0 Å². The Morgan fingerprint density at radius 3 is 2.85 bits per heavy atom. The fourth-order valence-corrected chi connectivity index (χ4v) is 3.73. The van der Waals surface area contributed by atoms with Crippen molar-refractivity contribution < 1.29 is 19.1 Å². The predicted octanol–water partition coefficient (Wildman–Crippen LogP) is 2.29. The molecule has 2 heterocycles. The van der Waals surface area contributed by atoms with Crippen LogP contribution in [0.5, 0.6) is 0 Å². The van der Waals surface area contributed by atoms with E-state index in [-0.39, 0.29) is 17.7 Å². The average molecular weight is 387 g/mol. The first-order valence-corrected chi connectivity index (χ1v) is 9.46. The molecule has 7 nitrogen and oxygen atoms in total. The van der Waals surface area contributed by atoms with Crippen molar-refractivity contribution in [2.45, 2.75) is 19.9 Å². The molecule has 1 aliphatic rings. The quantitative estimate of drug-likeness (QED) is 0.562. The van der Waals surface area contributed by atoms with Crippen LogP contribution in [0.25, 0.3) is 17.0 Å². The minimum absolute atomic E-state index is 0.114. The summed E-state index contributed by atoms with van der Waals surface area (Å²) in [5, 5.41) is 5.65. The van der Waals surface area contributed by atoms with Gasteiger partial charge in [0.15, 0.2) is 0 Å². The molecule has 0 saturated carbocycles. The molecule has 1 saturated heterocycles.